The number of carbonyl (C=O) groups excluding carboxylic acids is 1. The maximum Gasteiger partial charge on any atom is 0.228 e. The highest BCUT2D eigenvalue weighted by Gasteiger charge is 2.16. The fourth-order valence-electron chi connectivity index (χ4n) is 3.56. The summed E-state index contributed by atoms with van der Waals surface area (Å²) in [5, 5.41) is 7.69. The fraction of sp³-hybridized carbons (Fsp3) is 0.360. The first-order chi connectivity index (χ1) is 14.9. The number of carbonyl (C=O) groups is 1. The minimum atomic E-state index is -0.0896. The van der Waals surface area contributed by atoms with Crippen molar-refractivity contribution in [2.45, 2.75) is 47.6 Å². The van der Waals surface area contributed by atoms with Gasteiger partial charge in [-0.15, -0.1) is 0 Å². The second kappa shape index (κ2) is 10.2. The number of nitrogens with zero attached hydrogens (tertiary/aromatic N) is 2. The summed E-state index contributed by atoms with van der Waals surface area (Å²) < 4.78 is 13.2. The second-order valence-electron chi connectivity index (χ2n) is 7.50. The summed E-state index contributed by atoms with van der Waals surface area (Å²) in [7, 11) is 0. The van der Waals surface area contributed by atoms with Gasteiger partial charge >= 0.3 is 0 Å². The molecule has 0 saturated heterocycles. The zero-order valence-electron chi connectivity index (χ0n) is 19.0. The van der Waals surface area contributed by atoms with E-state index in [0.717, 1.165) is 22.6 Å². The van der Waals surface area contributed by atoms with Crippen LogP contribution in [0, 0.1) is 20.8 Å². The number of amides is 1. The predicted molar refractivity (Wildman–Crippen MR) is 123 cm³/mol. The molecule has 0 unspecified atom stereocenters. The van der Waals surface area contributed by atoms with Crippen LogP contribution in [-0.2, 0) is 17.8 Å². The van der Waals surface area contributed by atoms with Crippen molar-refractivity contribution in [2.75, 3.05) is 18.5 Å². The summed E-state index contributed by atoms with van der Waals surface area (Å²) in [4.78, 5) is 12.8. The molecule has 0 aliphatic rings. The molecular weight excluding hydrogens is 390 g/mol. The van der Waals surface area contributed by atoms with Crippen molar-refractivity contribution in [3.8, 4) is 11.5 Å². The summed E-state index contributed by atoms with van der Waals surface area (Å²) in [5.41, 5.74) is 5.82. The highest BCUT2D eigenvalue weighted by Crippen LogP contribution is 2.29. The van der Waals surface area contributed by atoms with Crippen LogP contribution in [0.2, 0.25) is 0 Å². The third-order valence-electron chi connectivity index (χ3n) is 5.20. The smallest absolute Gasteiger partial charge is 0.228 e. The number of ether oxygens (including phenoxy) is 2. The fourth-order valence-corrected chi connectivity index (χ4v) is 3.56. The molecule has 0 aliphatic carbocycles. The molecule has 1 heterocycles. The van der Waals surface area contributed by atoms with Gasteiger partial charge in [-0.3, -0.25) is 9.48 Å². The number of rotatable bonds is 9. The average molecular weight is 422 g/mol. The van der Waals surface area contributed by atoms with Crippen LogP contribution in [-0.4, -0.2) is 28.9 Å². The van der Waals surface area contributed by atoms with Gasteiger partial charge in [0.1, 0.15) is 0 Å². The first-order valence-electron chi connectivity index (χ1n) is 10.7. The SMILES string of the molecule is CCOc1ccc(CC(=O)Nc2c(C)nn(Cc3ccccc3C)c2C)cc1OCC. The van der Waals surface area contributed by atoms with Crippen LogP contribution in [0.5, 0.6) is 11.5 Å². The van der Waals surface area contributed by atoms with E-state index in [1.807, 2.05) is 62.7 Å². The Kier molecular flexibility index (Phi) is 7.34. The monoisotopic (exact) mass is 421 g/mol. The number of benzene rings is 2. The molecule has 1 amide bonds. The Balaban J connectivity index is 1.73. The van der Waals surface area contributed by atoms with Crippen molar-refractivity contribution in [3.63, 3.8) is 0 Å². The lowest BCUT2D eigenvalue weighted by molar-refractivity contribution is -0.115. The van der Waals surface area contributed by atoms with Crippen LogP contribution >= 0.6 is 0 Å². The molecule has 0 fully saturated rings. The van der Waals surface area contributed by atoms with Gasteiger partial charge in [0.2, 0.25) is 5.91 Å². The molecule has 0 bridgehead atoms. The largest absolute Gasteiger partial charge is 0.490 e. The molecule has 3 rings (SSSR count). The van der Waals surface area contributed by atoms with Crippen molar-refractivity contribution in [3.05, 3.63) is 70.5 Å². The molecule has 6 nitrogen and oxygen atoms in total. The molecule has 1 N–H and O–H groups in total. The maximum absolute atomic E-state index is 12.8. The molecule has 2 aromatic carbocycles. The van der Waals surface area contributed by atoms with Gasteiger partial charge in [0.05, 0.1) is 43.3 Å². The summed E-state index contributed by atoms with van der Waals surface area (Å²) in [5.74, 6) is 1.26. The molecule has 1 aromatic heterocycles. The average Bonchev–Trinajstić information content (AvgIpc) is 2.99. The Labute approximate surface area is 184 Å². The molecule has 164 valence electrons. The van der Waals surface area contributed by atoms with Crippen LogP contribution < -0.4 is 14.8 Å². The molecule has 0 aliphatic heterocycles. The number of hydrogen-bond acceptors (Lipinski definition) is 4. The highest BCUT2D eigenvalue weighted by molar-refractivity contribution is 5.93. The third-order valence-corrected chi connectivity index (χ3v) is 5.20. The Morgan fingerprint density at radius 3 is 2.42 bits per heavy atom. The van der Waals surface area contributed by atoms with E-state index < -0.39 is 0 Å². The number of anilines is 1. The summed E-state index contributed by atoms with van der Waals surface area (Å²) >= 11 is 0. The molecule has 6 heteroatoms. The van der Waals surface area contributed by atoms with Crippen LogP contribution in [0.25, 0.3) is 0 Å². The summed E-state index contributed by atoms with van der Waals surface area (Å²) in [6, 6.07) is 13.9. The van der Waals surface area contributed by atoms with E-state index in [-0.39, 0.29) is 12.3 Å². The lowest BCUT2D eigenvalue weighted by Crippen LogP contribution is -2.16. The summed E-state index contributed by atoms with van der Waals surface area (Å²) in [6.45, 7) is 11.6. The number of aromatic nitrogens is 2. The van der Waals surface area contributed by atoms with Crippen LogP contribution in [0.4, 0.5) is 5.69 Å². The van der Waals surface area contributed by atoms with Gasteiger partial charge in [-0.1, -0.05) is 30.3 Å². The first kappa shape index (κ1) is 22.4. The van der Waals surface area contributed by atoms with E-state index in [1.165, 1.54) is 11.1 Å². The Hall–Kier alpha value is -3.28. The van der Waals surface area contributed by atoms with E-state index in [1.54, 1.807) is 0 Å². The lowest BCUT2D eigenvalue weighted by atomic mass is 10.1. The van der Waals surface area contributed by atoms with E-state index in [2.05, 4.69) is 29.5 Å². The zero-order chi connectivity index (χ0) is 22.4. The van der Waals surface area contributed by atoms with Crippen LogP contribution in [0.3, 0.4) is 0 Å². The molecule has 31 heavy (non-hydrogen) atoms. The normalized spacial score (nSPS) is 10.7. The topological polar surface area (TPSA) is 65.4 Å². The van der Waals surface area contributed by atoms with E-state index >= 15 is 0 Å². The maximum atomic E-state index is 12.8. The van der Waals surface area contributed by atoms with Gasteiger partial charge in [-0.25, -0.2) is 0 Å². The standard InChI is InChI=1S/C25H31N3O3/c1-6-30-22-13-12-20(14-23(22)31-7-2)15-24(29)26-25-18(4)27-28(19(25)5)16-21-11-9-8-10-17(21)3/h8-14H,6-7,15-16H2,1-5H3,(H,26,29). The quantitative estimate of drug-likeness (QED) is 0.537. The molecule has 0 saturated carbocycles. The minimum absolute atomic E-state index is 0.0896. The van der Waals surface area contributed by atoms with Crippen molar-refractivity contribution in [2.24, 2.45) is 0 Å². The van der Waals surface area contributed by atoms with Gasteiger partial charge in [0, 0.05) is 0 Å². The molecule has 0 spiro atoms. The van der Waals surface area contributed by atoms with Gasteiger partial charge < -0.3 is 14.8 Å². The van der Waals surface area contributed by atoms with E-state index in [4.69, 9.17) is 9.47 Å². The number of nitrogens with one attached hydrogen (secondary N) is 1. The van der Waals surface area contributed by atoms with Gasteiger partial charge in [0.15, 0.2) is 11.5 Å². The Morgan fingerprint density at radius 2 is 1.71 bits per heavy atom. The van der Waals surface area contributed by atoms with Crippen LogP contribution in [0.1, 0.15) is 41.9 Å². The van der Waals surface area contributed by atoms with Crippen molar-refractivity contribution >= 4 is 11.6 Å². The van der Waals surface area contributed by atoms with Crippen molar-refractivity contribution < 1.29 is 14.3 Å². The van der Waals surface area contributed by atoms with Crippen molar-refractivity contribution in [1.29, 1.82) is 0 Å². The minimum Gasteiger partial charge on any atom is -0.490 e. The molecule has 0 atom stereocenters. The van der Waals surface area contributed by atoms with Gasteiger partial charge in [-0.05, 0) is 63.4 Å². The van der Waals surface area contributed by atoms with Gasteiger partial charge in [0.25, 0.3) is 0 Å². The van der Waals surface area contributed by atoms with Gasteiger partial charge in [-0.2, -0.15) is 5.10 Å². The highest BCUT2D eigenvalue weighted by atomic mass is 16.5. The van der Waals surface area contributed by atoms with Crippen LogP contribution in [0.15, 0.2) is 42.5 Å². The summed E-state index contributed by atoms with van der Waals surface area (Å²) in [6.07, 6.45) is 0.244. The molecule has 3 aromatic rings. The second-order valence-corrected chi connectivity index (χ2v) is 7.50. The van der Waals surface area contributed by atoms with E-state index in [9.17, 15) is 4.79 Å². The third kappa shape index (κ3) is 5.45. The Morgan fingerprint density at radius 1 is 1.00 bits per heavy atom. The zero-order valence-corrected chi connectivity index (χ0v) is 19.0. The first-order valence-corrected chi connectivity index (χ1v) is 10.7. The number of hydrogen-bond donors (Lipinski definition) is 1. The number of aryl methyl sites for hydroxylation is 2. The molecular formula is C25H31N3O3. The predicted octanol–water partition coefficient (Wildman–Crippen LogP) is 4.84. The van der Waals surface area contributed by atoms with E-state index in [0.29, 0.717) is 31.3 Å². The molecule has 0 radical (unpaired) electrons. The Bertz CT molecular complexity index is 1060. The lowest BCUT2D eigenvalue weighted by Gasteiger charge is -2.12. The van der Waals surface area contributed by atoms with Crippen molar-refractivity contribution in [1.82, 2.24) is 9.78 Å².